The van der Waals surface area contributed by atoms with Gasteiger partial charge in [0, 0.05) is 25.2 Å². The Kier molecular flexibility index (Phi) is 5.83. The average molecular weight is 263 g/mol. The lowest BCUT2D eigenvalue weighted by Crippen LogP contribution is -2.33. The standard InChI is InChI=1S/C15H25N3O/c1-15(2,3)19-12-11-18(10-9-14(16)17)13-7-5-4-6-8-13/h4-8H,9-12H2,1-3H3,(H3,16,17). The monoisotopic (exact) mass is 263 g/mol. The third-order valence-electron chi connectivity index (χ3n) is 2.67. The Morgan fingerprint density at radius 2 is 1.84 bits per heavy atom. The highest BCUT2D eigenvalue weighted by Gasteiger charge is 2.12. The molecule has 0 heterocycles. The summed E-state index contributed by atoms with van der Waals surface area (Å²) in [5.74, 6) is 0.220. The Hall–Kier alpha value is -1.55. The second-order valence-electron chi connectivity index (χ2n) is 5.56. The number of benzene rings is 1. The molecule has 4 nitrogen and oxygen atoms in total. The lowest BCUT2D eigenvalue weighted by molar-refractivity contribution is 0.00139. The highest BCUT2D eigenvalue weighted by atomic mass is 16.5. The van der Waals surface area contributed by atoms with E-state index in [9.17, 15) is 0 Å². The molecule has 0 bridgehead atoms. The van der Waals surface area contributed by atoms with Crippen molar-refractivity contribution in [2.45, 2.75) is 32.8 Å². The van der Waals surface area contributed by atoms with Gasteiger partial charge in [-0.25, -0.2) is 0 Å². The Bertz CT molecular complexity index is 384. The SMILES string of the molecule is CC(C)(C)OCCN(CCC(=N)N)c1ccccc1. The number of rotatable bonds is 7. The van der Waals surface area contributed by atoms with Gasteiger partial charge in [-0.2, -0.15) is 0 Å². The number of hydrogen-bond donors (Lipinski definition) is 2. The van der Waals surface area contributed by atoms with Gasteiger partial charge < -0.3 is 15.4 Å². The zero-order chi connectivity index (χ0) is 14.3. The van der Waals surface area contributed by atoms with Crippen molar-refractivity contribution in [1.29, 1.82) is 5.41 Å². The molecule has 0 saturated carbocycles. The molecule has 0 aliphatic carbocycles. The van der Waals surface area contributed by atoms with Gasteiger partial charge in [0.2, 0.25) is 0 Å². The number of nitrogens with zero attached hydrogens (tertiary/aromatic N) is 1. The van der Waals surface area contributed by atoms with Crippen LogP contribution in [0.25, 0.3) is 0 Å². The average Bonchev–Trinajstić information content (AvgIpc) is 2.33. The van der Waals surface area contributed by atoms with E-state index in [0.717, 1.165) is 18.8 Å². The minimum Gasteiger partial charge on any atom is -0.388 e. The number of hydrogen-bond acceptors (Lipinski definition) is 3. The molecule has 0 amide bonds. The van der Waals surface area contributed by atoms with E-state index in [-0.39, 0.29) is 11.4 Å². The molecule has 0 spiro atoms. The Labute approximate surface area is 116 Å². The Morgan fingerprint density at radius 3 is 2.37 bits per heavy atom. The first-order chi connectivity index (χ1) is 8.88. The summed E-state index contributed by atoms with van der Waals surface area (Å²) < 4.78 is 5.76. The van der Waals surface area contributed by atoms with Crippen molar-refractivity contribution < 1.29 is 4.74 Å². The van der Waals surface area contributed by atoms with Crippen LogP contribution in [0, 0.1) is 5.41 Å². The van der Waals surface area contributed by atoms with E-state index in [1.165, 1.54) is 0 Å². The summed E-state index contributed by atoms with van der Waals surface area (Å²) in [5, 5.41) is 7.35. The van der Waals surface area contributed by atoms with E-state index >= 15 is 0 Å². The summed E-state index contributed by atoms with van der Waals surface area (Å²) in [4.78, 5) is 2.20. The Morgan fingerprint density at radius 1 is 1.21 bits per heavy atom. The van der Waals surface area contributed by atoms with Gasteiger partial charge in [-0.3, -0.25) is 5.41 Å². The van der Waals surface area contributed by atoms with Gasteiger partial charge in [0.1, 0.15) is 0 Å². The molecule has 3 N–H and O–H groups in total. The molecular formula is C15H25N3O. The third kappa shape index (κ3) is 6.82. The molecule has 0 aliphatic heterocycles. The number of ether oxygens (including phenoxy) is 1. The predicted molar refractivity (Wildman–Crippen MR) is 80.9 cm³/mol. The summed E-state index contributed by atoms with van der Waals surface area (Å²) in [5.41, 5.74) is 6.46. The fourth-order valence-electron chi connectivity index (χ4n) is 1.73. The van der Waals surface area contributed by atoms with Crippen LogP contribution in [0.3, 0.4) is 0 Å². The number of nitrogens with one attached hydrogen (secondary N) is 1. The van der Waals surface area contributed by atoms with Crippen LogP contribution >= 0.6 is 0 Å². The van der Waals surface area contributed by atoms with Crippen LogP contribution in [-0.2, 0) is 4.74 Å². The van der Waals surface area contributed by atoms with Crippen LogP contribution in [-0.4, -0.2) is 31.1 Å². The van der Waals surface area contributed by atoms with E-state index in [4.69, 9.17) is 15.9 Å². The van der Waals surface area contributed by atoms with E-state index in [1.807, 2.05) is 18.2 Å². The Balaban J connectivity index is 2.57. The molecule has 19 heavy (non-hydrogen) atoms. The first kappa shape index (κ1) is 15.5. The van der Waals surface area contributed by atoms with Crippen LogP contribution < -0.4 is 10.6 Å². The van der Waals surface area contributed by atoms with Crippen molar-refractivity contribution in [3.8, 4) is 0 Å². The molecule has 1 aromatic rings. The maximum Gasteiger partial charge on any atom is 0.0923 e. The summed E-state index contributed by atoms with van der Waals surface area (Å²) >= 11 is 0. The largest absolute Gasteiger partial charge is 0.388 e. The molecule has 0 unspecified atom stereocenters. The van der Waals surface area contributed by atoms with Gasteiger partial charge in [-0.05, 0) is 32.9 Å². The van der Waals surface area contributed by atoms with Crippen LogP contribution in [0.15, 0.2) is 30.3 Å². The maximum absolute atomic E-state index is 7.35. The lowest BCUT2D eigenvalue weighted by atomic mass is 10.2. The van der Waals surface area contributed by atoms with Crippen molar-refractivity contribution in [2.24, 2.45) is 5.73 Å². The smallest absolute Gasteiger partial charge is 0.0923 e. The number of anilines is 1. The van der Waals surface area contributed by atoms with Crippen molar-refractivity contribution >= 4 is 11.5 Å². The zero-order valence-corrected chi connectivity index (χ0v) is 12.1. The van der Waals surface area contributed by atoms with Gasteiger partial charge in [0.15, 0.2) is 0 Å². The molecule has 0 fully saturated rings. The van der Waals surface area contributed by atoms with Crippen molar-refractivity contribution in [1.82, 2.24) is 0 Å². The first-order valence-electron chi connectivity index (χ1n) is 6.65. The van der Waals surface area contributed by atoms with E-state index < -0.39 is 0 Å². The molecule has 4 heteroatoms. The fourth-order valence-corrected chi connectivity index (χ4v) is 1.73. The minimum atomic E-state index is -0.122. The molecule has 0 radical (unpaired) electrons. The quantitative estimate of drug-likeness (QED) is 0.587. The second kappa shape index (κ2) is 7.14. The summed E-state index contributed by atoms with van der Waals surface area (Å²) in [6.45, 7) is 8.36. The van der Waals surface area contributed by atoms with Gasteiger partial charge in [0.25, 0.3) is 0 Å². The lowest BCUT2D eigenvalue weighted by Gasteiger charge is -2.27. The summed E-state index contributed by atoms with van der Waals surface area (Å²) in [6, 6.07) is 10.2. The van der Waals surface area contributed by atoms with Gasteiger partial charge >= 0.3 is 0 Å². The normalized spacial score (nSPS) is 11.3. The molecule has 1 aromatic carbocycles. The number of amidine groups is 1. The number of para-hydroxylation sites is 1. The van der Waals surface area contributed by atoms with Crippen LogP contribution in [0.1, 0.15) is 27.2 Å². The molecule has 0 aromatic heterocycles. The maximum atomic E-state index is 7.35. The fraction of sp³-hybridized carbons (Fsp3) is 0.533. The van der Waals surface area contributed by atoms with Crippen LogP contribution in [0.5, 0.6) is 0 Å². The van der Waals surface area contributed by atoms with E-state index in [0.29, 0.717) is 13.0 Å². The second-order valence-corrected chi connectivity index (χ2v) is 5.56. The first-order valence-corrected chi connectivity index (χ1v) is 6.65. The highest BCUT2D eigenvalue weighted by molar-refractivity contribution is 5.77. The summed E-state index contributed by atoms with van der Waals surface area (Å²) in [7, 11) is 0. The van der Waals surface area contributed by atoms with E-state index in [2.05, 4.69) is 37.8 Å². The van der Waals surface area contributed by atoms with Crippen molar-refractivity contribution in [2.75, 3.05) is 24.6 Å². The van der Waals surface area contributed by atoms with Crippen LogP contribution in [0.2, 0.25) is 0 Å². The molecule has 1 rings (SSSR count). The molecule has 0 atom stereocenters. The zero-order valence-electron chi connectivity index (χ0n) is 12.1. The van der Waals surface area contributed by atoms with E-state index in [1.54, 1.807) is 0 Å². The summed E-state index contributed by atoms with van der Waals surface area (Å²) in [6.07, 6.45) is 0.574. The predicted octanol–water partition coefficient (Wildman–Crippen LogP) is 2.63. The van der Waals surface area contributed by atoms with Crippen molar-refractivity contribution in [3.63, 3.8) is 0 Å². The minimum absolute atomic E-state index is 0.122. The third-order valence-corrected chi connectivity index (χ3v) is 2.67. The van der Waals surface area contributed by atoms with Crippen LogP contribution in [0.4, 0.5) is 5.69 Å². The van der Waals surface area contributed by atoms with Gasteiger partial charge in [0.05, 0.1) is 18.0 Å². The topological polar surface area (TPSA) is 62.3 Å². The number of nitrogens with two attached hydrogens (primary N) is 1. The molecular weight excluding hydrogens is 238 g/mol. The van der Waals surface area contributed by atoms with Gasteiger partial charge in [-0.1, -0.05) is 18.2 Å². The highest BCUT2D eigenvalue weighted by Crippen LogP contribution is 2.14. The molecule has 0 saturated heterocycles. The van der Waals surface area contributed by atoms with Gasteiger partial charge in [-0.15, -0.1) is 0 Å². The molecule has 0 aliphatic rings. The molecule has 106 valence electrons. The van der Waals surface area contributed by atoms with Crippen molar-refractivity contribution in [3.05, 3.63) is 30.3 Å².